The normalized spacial score (nSPS) is 12.6. The SMILES string of the molecule is CCCC(C)Oc1c(C)cc(CN)cc1C. The van der Waals surface area contributed by atoms with Gasteiger partial charge in [-0.15, -0.1) is 0 Å². The zero-order chi connectivity index (χ0) is 12.1. The van der Waals surface area contributed by atoms with Crippen molar-refractivity contribution in [2.45, 2.75) is 53.2 Å². The second-order valence-corrected chi connectivity index (χ2v) is 4.48. The molecule has 2 N–H and O–H groups in total. The van der Waals surface area contributed by atoms with Crippen molar-refractivity contribution in [2.75, 3.05) is 0 Å². The van der Waals surface area contributed by atoms with Gasteiger partial charge < -0.3 is 10.5 Å². The molecule has 0 heterocycles. The second kappa shape index (κ2) is 5.90. The Kier molecular flexibility index (Phi) is 4.81. The maximum Gasteiger partial charge on any atom is 0.125 e. The zero-order valence-corrected chi connectivity index (χ0v) is 10.8. The lowest BCUT2D eigenvalue weighted by atomic mass is 10.1. The molecule has 0 radical (unpaired) electrons. The molecule has 90 valence electrons. The molecule has 0 saturated carbocycles. The van der Waals surface area contributed by atoms with E-state index in [9.17, 15) is 0 Å². The molecule has 0 saturated heterocycles. The fraction of sp³-hybridized carbons (Fsp3) is 0.571. The fourth-order valence-electron chi connectivity index (χ4n) is 2.01. The average Bonchev–Trinajstić information content (AvgIpc) is 2.23. The van der Waals surface area contributed by atoms with Crippen LogP contribution < -0.4 is 10.5 Å². The molecule has 0 aliphatic rings. The summed E-state index contributed by atoms with van der Waals surface area (Å²) >= 11 is 0. The number of hydrogen-bond acceptors (Lipinski definition) is 2. The van der Waals surface area contributed by atoms with E-state index in [1.165, 1.54) is 16.7 Å². The monoisotopic (exact) mass is 221 g/mol. The molecular weight excluding hydrogens is 198 g/mol. The van der Waals surface area contributed by atoms with Crippen LogP contribution in [0.25, 0.3) is 0 Å². The Hall–Kier alpha value is -1.02. The van der Waals surface area contributed by atoms with E-state index in [1.807, 2.05) is 0 Å². The highest BCUT2D eigenvalue weighted by Gasteiger charge is 2.09. The molecule has 2 heteroatoms. The van der Waals surface area contributed by atoms with Crippen molar-refractivity contribution in [1.29, 1.82) is 0 Å². The van der Waals surface area contributed by atoms with Gasteiger partial charge in [0.25, 0.3) is 0 Å². The quantitative estimate of drug-likeness (QED) is 0.827. The Labute approximate surface area is 98.8 Å². The van der Waals surface area contributed by atoms with Gasteiger partial charge in [-0.25, -0.2) is 0 Å². The highest BCUT2D eigenvalue weighted by atomic mass is 16.5. The summed E-state index contributed by atoms with van der Waals surface area (Å²) in [4.78, 5) is 0. The molecule has 0 fully saturated rings. The Morgan fingerprint density at radius 3 is 2.25 bits per heavy atom. The van der Waals surface area contributed by atoms with Crippen molar-refractivity contribution >= 4 is 0 Å². The summed E-state index contributed by atoms with van der Waals surface area (Å²) in [6.45, 7) is 9.06. The first-order chi connectivity index (χ1) is 7.58. The molecule has 0 bridgehead atoms. The molecule has 1 aromatic carbocycles. The van der Waals surface area contributed by atoms with Crippen LogP contribution in [-0.2, 0) is 6.54 Å². The summed E-state index contributed by atoms with van der Waals surface area (Å²) in [6.07, 6.45) is 2.53. The van der Waals surface area contributed by atoms with Crippen LogP contribution in [0.1, 0.15) is 43.4 Å². The van der Waals surface area contributed by atoms with Crippen LogP contribution >= 0.6 is 0 Å². The Morgan fingerprint density at radius 2 is 1.81 bits per heavy atom. The molecule has 0 aromatic heterocycles. The molecule has 2 nitrogen and oxygen atoms in total. The van der Waals surface area contributed by atoms with Crippen LogP contribution in [0.2, 0.25) is 0 Å². The van der Waals surface area contributed by atoms with E-state index in [1.54, 1.807) is 0 Å². The molecule has 1 aromatic rings. The molecular formula is C14H23NO. The van der Waals surface area contributed by atoms with Crippen LogP contribution in [0.3, 0.4) is 0 Å². The van der Waals surface area contributed by atoms with Gasteiger partial charge in [-0.1, -0.05) is 25.5 Å². The van der Waals surface area contributed by atoms with Crippen LogP contribution in [-0.4, -0.2) is 6.10 Å². The predicted molar refractivity (Wildman–Crippen MR) is 68.8 cm³/mol. The van der Waals surface area contributed by atoms with Crippen LogP contribution in [0.4, 0.5) is 0 Å². The van der Waals surface area contributed by atoms with Crippen LogP contribution in [0.5, 0.6) is 5.75 Å². The van der Waals surface area contributed by atoms with Gasteiger partial charge in [0.2, 0.25) is 0 Å². The second-order valence-electron chi connectivity index (χ2n) is 4.48. The lowest BCUT2D eigenvalue weighted by Crippen LogP contribution is -2.13. The van der Waals surface area contributed by atoms with Crippen molar-refractivity contribution in [2.24, 2.45) is 5.73 Å². The van der Waals surface area contributed by atoms with Crippen molar-refractivity contribution in [3.8, 4) is 5.75 Å². The Morgan fingerprint density at radius 1 is 1.25 bits per heavy atom. The van der Waals surface area contributed by atoms with Crippen LogP contribution in [0.15, 0.2) is 12.1 Å². The van der Waals surface area contributed by atoms with Crippen molar-refractivity contribution < 1.29 is 4.74 Å². The number of ether oxygens (including phenoxy) is 1. The maximum absolute atomic E-state index is 5.97. The van der Waals surface area contributed by atoms with Crippen molar-refractivity contribution in [1.82, 2.24) is 0 Å². The van der Waals surface area contributed by atoms with Gasteiger partial charge in [-0.05, 0) is 43.9 Å². The third-order valence-corrected chi connectivity index (χ3v) is 2.77. The van der Waals surface area contributed by atoms with Gasteiger partial charge in [0.15, 0.2) is 0 Å². The third kappa shape index (κ3) is 3.24. The molecule has 0 aliphatic heterocycles. The summed E-state index contributed by atoms with van der Waals surface area (Å²) in [7, 11) is 0. The summed E-state index contributed by atoms with van der Waals surface area (Å²) in [5.74, 6) is 1.03. The van der Waals surface area contributed by atoms with E-state index >= 15 is 0 Å². The van der Waals surface area contributed by atoms with E-state index in [2.05, 4.69) is 39.8 Å². The largest absolute Gasteiger partial charge is 0.490 e. The number of nitrogens with two attached hydrogens (primary N) is 1. The lowest BCUT2D eigenvalue weighted by Gasteiger charge is -2.18. The molecule has 0 amide bonds. The molecule has 16 heavy (non-hydrogen) atoms. The molecule has 0 spiro atoms. The number of hydrogen-bond donors (Lipinski definition) is 1. The number of benzene rings is 1. The first kappa shape index (κ1) is 13.0. The van der Waals surface area contributed by atoms with Gasteiger partial charge in [-0.2, -0.15) is 0 Å². The topological polar surface area (TPSA) is 35.2 Å². The molecule has 1 rings (SSSR count). The Balaban J connectivity index is 2.87. The van der Waals surface area contributed by atoms with Crippen LogP contribution in [0, 0.1) is 13.8 Å². The van der Waals surface area contributed by atoms with E-state index < -0.39 is 0 Å². The minimum Gasteiger partial charge on any atom is -0.490 e. The highest BCUT2D eigenvalue weighted by molar-refractivity contribution is 5.43. The molecule has 0 aliphatic carbocycles. The average molecular weight is 221 g/mol. The third-order valence-electron chi connectivity index (χ3n) is 2.77. The standard InChI is InChI=1S/C14H23NO/c1-5-6-12(4)16-14-10(2)7-13(9-15)8-11(14)3/h7-8,12H,5-6,9,15H2,1-4H3. The lowest BCUT2D eigenvalue weighted by molar-refractivity contribution is 0.207. The van der Waals surface area contributed by atoms with Crippen molar-refractivity contribution in [3.63, 3.8) is 0 Å². The first-order valence-electron chi connectivity index (χ1n) is 6.05. The zero-order valence-electron chi connectivity index (χ0n) is 10.8. The smallest absolute Gasteiger partial charge is 0.125 e. The summed E-state index contributed by atoms with van der Waals surface area (Å²) in [5.41, 5.74) is 9.18. The Bertz CT molecular complexity index is 324. The summed E-state index contributed by atoms with van der Waals surface area (Å²) < 4.78 is 5.97. The minimum absolute atomic E-state index is 0.283. The van der Waals surface area contributed by atoms with E-state index in [0.717, 1.165) is 18.6 Å². The summed E-state index contributed by atoms with van der Waals surface area (Å²) in [6, 6.07) is 4.22. The van der Waals surface area contributed by atoms with Gasteiger partial charge in [0.1, 0.15) is 5.75 Å². The van der Waals surface area contributed by atoms with Gasteiger partial charge >= 0.3 is 0 Å². The fourth-order valence-corrected chi connectivity index (χ4v) is 2.01. The highest BCUT2D eigenvalue weighted by Crippen LogP contribution is 2.26. The molecule has 1 atom stereocenters. The summed E-state index contributed by atoms with van der Waals surface area (Å²) in [5, 5.41) is 0. The first-order valence-corrected chi connectivity index (χ1v) is 6.05. The number of rotatable bonds is 5. The van der Waals surface area contributed by atoms with Crippen molar-refractivity contribution in [3.05, 3.63) is 28.8 Å². The van der Waals surface area contributed by atoms with E-state index in [4.69, 9.17) is 10.5 Å². The van der Waals surface area contributed by atoms with E-state index in [-0.39, 0.29) is 6.10 Å². The number of aryl methyl sites for hydroxylation is 2. The van der Waals surface area contributed by atoms with Gasteiger partial charge in [0, 0.05) is 6.54 Å². The van der Waals surface area contributed by atoms with Gasteiger partial charge in [-0.3, -0.25) is 0 Å². The molecule has 1 unspecified atom stereocenters. The van der Waals surface area contributed by atoms with Gasteiger partial charge in [0.05, 0.1) is 6.10 Å². The minimum atomic E-state index is 0.283. The van der Waals surface area contributed by atoms with E-state index in [0.29, 0.717) is 6.54 Å². The predicted octanol–water partition coefficient (Wildman–Crippen LogP) is 3.33. The maximum atomic E-state index is 5.97.